The van der Waals surface area contributed by atoms with Gasteiger partial charge in [0.25, 0.3) is 0 Å². The first kappa shape index (κ1) is 24.4. The van der Waals surface area contributed by atoms with Gasteiger partial charge in [-0.3, -0.25) is 0 Å². The molecule has 0 aliphatic heterocycles. The van der Waals surface area contributed by atoms with Gasteiger partial charge in [0, 0.05) is 12.6 Å². The fourth-order valence-electron chi connectivity index (χ4n) is 12.1. The second-order valence-electron chi connectivity index (χ2n) is 14.9. The lowest BCUT2D eigenvalue weighted by Crippen LogP contribution is -2.67. The van der Waals surface area contributed by atoms with Gasteiger partial charge in [-0.1, -0.05) is 46.8 Å². The summed E-state index contributed by atoms with van der Waals surface area (Å²) in [4.78, 5) is 0. The summed E-state index contributed by atoms with van der Waals surface area (Å²) in [7, 11) is 2.18. The molecule has 0 heterocycles. The van der Waals surface area contributed by atoms with Gasteiger partial charge in [0.2, 0.25) is 0 Å². The van der Waals surface area contributed by atoms with Gasteiger partial charge in [0.15, 0.2) is 0 Å². The van der Waals surface area contributed by atoms with E-state index in [1.807, 2.05) is 0 Å². The number of hydrogen-bond donors (Lipinski definition) is 2. The van der Waals surface area contributed by atoms with E-state index in [9.17, 15) is 5.11 Å². The molecule has 0 aromatic rings. The minimum Gasteiger partial charge on any atom is -0.396 e. The number of allylic oxidation sites excluding steroid dienone is 1. The van der Waals surface area contributed by atoms with E-state index in [0.29, 0.717) is 46.1 Å². The van der Waals surface area contributed by atoms with E-state index in [1.54, 1.807) is 0 Å². The van der Waals surface area contributed by atoms with Crippen molar-refractivity contribution in [2.75, 3.05) is 13.7 Å². The molecule has 0 radical (unpaired) electrons. The molecule has 0 amide bonds. The van der Waals surface area contributed by atoms with Crippen LogP contribution in [0.2, 0.25) is 0 Å². The smallest absolute Gasteiger partial charge is 0.0490 e. The van der Waals surface area contributed by atoms with Crippen LogP contribution in [0, 0.1) is 56.7 Å². The Morgan fingerprint density at radius 3 is 2.21 bits per heavy atom. The molecule has 2 N–H and O–H groups in total. The van der Waals surface area contributed by atoms with Crippen molar-refractivity contribution < 1.29 is 5.11 Å². The standard InChI is InChI=1S/C31H53NO/c1-20(2)21-11-16-31(19-33)18-17-29(6)22(26(21)31)9-10-24-28(5)14-13-25(32-8)27(3,4)23(28)12-15-30(24,29)7/h21-26,32-33H,1,9-19H2,2-8H3. The summed E-state index contributed by atoms with van der Waals surface area (Å²) < 4.78 is 0. The van der Waals surface area contributed by atoms with E-state index in [4.69, 9.17) is 0 Å². The Kier molecular flexibility index (Phi) is 5.60. The topological polar surface area (TPSA) is 32.3 Å². The maximum absolute atomic E-state index is 10.7. The summed E-state index contributed by atoms with van der Waals surface area (Å²) in [6, 6.07) is 0.654. The third-order valence-electron chi connectivity index (χ3n) is 13.9. The highest BCUT2D eigenvalue weighted by Gasteiger charge is 2.70. The molecular weight excluding hydrogens is 402 g/mol. The molecule has 0 aromatic heterocycles. The molecule has 5 rings (SSSR count). The number of nitrogens with one attached hydrogen (secondary N) is 1. The number of rotatable bonds is 3. The summed E-state index contributed by atoms with van der Waals surface area (Å²) in [5.41, 5.74) is 3.21. The zero-order valence-corrected chi connectivity index (χ0v) is 22.9. The fraction of sp³-hybridized carbons (Fsp3) is 0.935. The number of hydrogen-bond acceptors (Lipinski definition) is 2. The summed E-state index contributed by atoms with van der Waals surface area (Å²) in [6.07, 6.45) is 13.4. The lowest BCUT2D eigenvalue weighted by atomic mass is 9.32. The molecule has 10 unspecified atom stereocenters. The first-order valence-electron chi connectivity index (χ1n) is 14.3. The van der Waals surface area contributed by atoms with Crippen molar-refractivity contribution >= 4 is 0 Å². The Morgan fingerprint density at radius 1 is 0.848 bits per heavy atom. The molecule has 0 aromatic carbocycles. The Hall–Kier alpha value is -0.340. The van der Waals surface area contributed by atoms with Gasteiger partial charge in [0.1, 0.15) is 0 Å². The highest BCUT2D eigenvalue weighted by Crippen LogP contribution is 2.77. The molecule has 5 aliphatic rings. The Balaban J connectivity index is 1.54. The predicted octanol–water partition coefficient (Wildman–Crippen LogP) is 7.22. The van der Waals surface area contributed by atoms with Crippen molar-refractivity contribution in [1.82, 2.24) is 5.32 Å². The highest BCUT2D eigenvalue weighted by molar-refractivity contribution is 5.21. The van der Waals surface area contributed by atoms with Crippen LogP contribution in [0.3, 0.4) is 0 Å². The van der Waals surface area contributed by atoms with Crippen LogP contribution in [0.1, 0.15) is 106 Å². The van der Waals surface area contributed by atoms with Crippen molar-refractivity contribution in [3.8, 4) is 0 Å². The molecule has 5 fully saturated rings. The molecule has 2 heteroatoms. The maximum atomic E-state index is 10.7. The van der Waals surface area contributed by atoms with Crippen LogP contribution in [0.15, 0.2) is 12.2 Å². The monoisotopic (exact) mass is 455 g/mol. The molecule has 2 nitrogen and oxygen atoms in total. The zero-order chi connectivity index (χ0) is 24.0. The minimum absolute atomic E-state index is 0.172. The Labute approximate surface area is 204 Å². The van der Waals surface area contributed by atoms with E-state index in [2.05, 4.69) is 60.5 Å². The van der Waals surface area contributed by atoms with Crippen LogP contribution in [0.4, 0.5) is 0 Å². The average molecular weight is 456 g/mol. The molecule has 0 bridgehead atoms. The van der Waals surface area contributed by atoms with Crippen molar-refractivity contribution in [2.24, 2.45) is 56.7 Å². The van der Waals surface area contributed by atoms with E-state index >= 15 is 0 Å². The number of aliphatic hydroxyl groups is 1. The SMILES string of the molecule is C=C(C)C1CCC2(CO)CCC3(C)C(CCC4C5(C)CCC(NC)C(C)(C)C5CCC43C)C12. The van der Waals surface area contributed by atoms with Crippen LogP contribution in [0.25, 0.3) is 0 Å². The molecule has 188 valence electrons. The van der Waals surface area contributed by atoms with Crippen LogP contribution in [-0.2, 0) is 0 Å². The lowest BCUT2D eigenvalue weighted by Gasteiger charge is -2.73. The largest absolute Gasteiger partial charge is 0.396 e. The molecule has 5 aliphatic carbocycles. The van der Waals surface area contributed by atoms with E-state index in [1.165, 1.54) is 69.8 Å². The highest BCUT2D eigenvalue weighted by atomic mass is 16.3. The Morgan fingerprint density at radius 2 is 1.58 bits per heavy atom. The van der Waals surface area contributed by atoms with Crippen LogP contribution in [-0.4, -0.2) is 24.8 Å². The second kappa shape index (κ2) is 7.58. The quantitative estimate of drug-likeness (QED) is 0.440. The Bertz CT molecular complexity index is 803. The first-order valence-corrected chi connectivity index (χ1v) is 14.3. The van der Waals surface area contributed by atoms with Crippen molar-refractivity contribution in [2.45, 2.75) is 112 Å². The van der Waals surface area contributed by atoms with Crippen molar-refractivity contribution in [3.05, 3.63) is 12.2 Å². The number of aliphatic hydroxyl groups excluding tert-OH is 1. The molecular formula is C31H53NO. The van der Waals surface area contributed by atoms with Gasteiger partial charge in [-0.2, -0.15) is 0 Å². The van der Waals surface area contributed by atoms with Gasteiger partial charge < -0.3 is 10.4 Å². The average Bonchev–Trinajstić information content (AvgIpc) is 3.14. The predicted molar refractivity (Wildman–Crippen MR) is 139 cm³/mol. The maximum Gasteiger partial charge on any atom is 0.0490 e. The minimum atomic E-state index is 0.172. The van der Waals surface area contributed by atoms with Crippen LogP contribution in [0.5, 0.6) is 0 Å². The normalized spacial score (nSPS) is 55.2. The van der Waals surface area contributed by atoms with Crippen LogP contribution >= 0.6 is 0 Å². The molecule has 0 spiro atoms. The summed E-state index contributed by atoms with van der Waals surface area (Å²) in [6.45, 7) is 20.4. The van der Waals surface area contributed by atoms with E-state index < -0.39 is 0 Å². The van der Waals surface area contributed by atoms with Gasteiger partial charge in [-0.25, -0.2) is 0 Å². The van der Waals surface area contributed by atoms with Gasteiger partial charge in [-0.05, 0) is 135 Å². The first-order chi connectivity index (χ1) is 15.4. The summed E-state index contributed by atoms with van der Waals surface area (Å²) in [5, 5.41) is 14.4. The van der Waals surface area contributed by atoms with E-state index in [0.717, 1.165) is 17.8 Å². The fourth-order valence-corrected chi connectivity index (χ4v) is 12.1. The molecule has 0 saturated heterocycles. The van der Waals surface area contributed by atoms with Crippen LogP contribution < -0.4 is 5.32 Å². The lowest BCUT2D eigenvalue weighted by molar-refractivity contribution is -0.241. The van der Waals surface area contributed by atoms with Crippen molar-refractivity contribution in [1.29, 1.82) is 0 Å². The summed E-state index contributed by atoms with van der Waals surface area (Å²) >= 11 is 0. The van der Waals surface area contributed by atoms with E-state index in [-0.39, 0.29) is 5.41 Å². The van der Waals surface area contributed by atoms with Gasteiger partial charge in [0.05, 0.1) is 0 Å². The van der Waals surface area contributed by atoms with Gasteiger partial charge in [-0.15, -0.1) is 0 Å². The third kappa shape index (κ3) is 2.92. The molecule has 5 saturated carbocycles. The van der Waals surface area contributed by atoms with Gasteiger partial charge >= 0.3 is 0 Å². The molecule has 33 heavy (non-hydrogen) atoms. The molecule has 10 atom stereocenters. The second-order valence-corrected chi connectivity index (χ2v) is 14.9. The summed E-state index contributed by atoms with van der Waals surface area (Å²) in [5.74, 6) is 3.70. The third-order valence-corrected chi connectivity index (χ3v) is 13.9. The number of fused-ring (bicyclic) bond motifs is 7. The zero-order valence-electron chi connectivity index (χ0n) is 22.9. The van der Waals surface area contributed by atoms with Crippen molar-refractivity contribution in [3.63, 3.8) is 0 Å².